The topological polar surface area (TPSA) is 44.8 Å². The van der Waals surface area contributed by atoms with Gasteiger partial charge in [0.2, 0.25) is 0 Å². The highest BCUT2D eigenvalue weighted by atomic mass is 16.7. The van der Waals surface area contributed by atoms with Crippen LogP contribution in [0.5, 0.6) is 0 Å². The van der Waals surface area contributed by atoms with Crippen LogP contribution in [0.3, 0.4) is 0 Å². The normalized spacial score (nSPS) is 40.5. The lowest BCUT2D eigenvalue weighted by Gasteiger charge is -2.26. The van der Waals surface area contributed by atoms with Crippen molar-refractivity contribution in [2.75, 3.05) is 20.3 Å². The van der Waals surface area contributed by atoms with Crippen molar-refractivity contribution in [1.29, 1.82) is 0 Å². The first kappa shape index (κ1) is 12.6. The average molecular weight is 276 g/mol. The van der Waals surface area contributed by atoms with E-state index in [0.29, 0.717) is 13.2 Å². The Kier molecular flexibility index (Phi) is 2.49. The van der Waals surface area contributed by atoms with Gasteiger partial charge < -0.3 is 14.2 Å². The predicted octanol–water partition coefficient (Wildman–Crippen LogP) is 2.35. The van der Waals surface area contributed by atoms with E-state index < -0.39 is 11.2 Å². The Labute approximate surface area is 118 Å². The maximum absolute atomic E-state index is 12.2. The molecule has 0 bridgehead atoms. The second-order valence-electron chi connectivity index (χ2n) is 6.38. The number of carbonyl (C=O) groups excluding carboxylic acids is 1. The lowest BCUT2D eigenvalue weighted by atomic mass is 9.79. The highest BCUT2D eigenvalue weighted by molar-refractivity contribution is 5.86. The molecule has 1 saturated heterocycles. The molecule has 2 unspecified atom stereocenters. The summed E-state index contributed by atoms with van der Waals surface area (Å²) in [6.45, 7) is 1.37. The molecule has 0 radical (unpaired) electrons. The fourth-order valence-electron chi connectivity index (χ4n) is 4.49. The molecule has 4 heteroatoms. The molecule has 3 fully saturated rings. The van der Waals surface area contributed by atoms with E-state index in [1.165, 1.54) is 12.7 Å². The highest BCUT2D eigenvalue weighted by Gasteiger charge is 2.73. The Morgan fingerprint density at radius 3 is 2.80 bits per heavy atom. The van der Waals surface area contributed by atoms with E-state index in [2.05, 4.69) is 6.08 Å². The molecule has 4 nitrogen and oxygen atoms in total. The van der Waals surface area contributed by atoms with Crippen LogP contribution in [-0.2, 0) is 19.0 Å². The van der Waals surface area contributed by atoms with E-state index >= 15 is 0 Å². The summed E-state index contributed by atoms with van der Waals surface area (Å²) in [5.74, 6) is -0.499. The average Bonchev–Trinajstić information content (AvgIpc) is 3.01. The maximum Gasteiger partial charge on any atom is 0.316 e. The van der Waals surface area contributed by atoms with E-state index in [4.69, 9.17) is 14.2 Å². The molecule has 4 rings (SSSR count). The molecule has 1 aliphatic heterocycles. The van der Waals surface area contributed by atoms with Crippen LogP contribution in [0, 0.1) is 10.8 Å². The SMILES string of the molecule is COC(=O)C12C=CC=C3CCC4(CCC31C2)OCCO4. The molecule has 108 valence electrons. The fraction of sp³-hybridized carbons (Fsp3) is 0.688. The Hall–Kier alpha value is -1.13. The van der Waals surface area contributed by atoms with E-state index in [9.17, 15) is 4.79 Å². The van der Waals surface area contributed by atoms with Gasteiger partial charge in [-0.15, -0.1) is 0 Å². The molecule has 0 aromatic carbocycles. The Balaban J connectivity index is 1.66. The quantitative estimate of drug-likeness (QED) is 0.690. The van der Waals surface area contributed by atoms with Gasteiger partial charge in [-0.2, -0.15) is 0 Å². The second kappa shape index (κ2) is 3.95. The van der Waals surface area contributed by atoms with Crippen molar-refractivity contribution in [3.63, 3.8) is 0 Å². The van der Waals surface area contributed by atoms with Crippen molar-refractivity contribution in [3.8, 4) is 0 Å². The van der Waals surface area contributed by atoms with Crippen molar-refractivity contribution in [1.82, 2.24) is 0 Å². The lowest BCUT2D eigenvalue weighted by molar-refractivity contribution is -0.166. The molecule has 2 atom stereocenters. The number of rotatable bonds is 1. The standard InChI is InChI=1S/C16H20O4/c1-18-13(17)15-5-2-3-12-4-6-16(19-9-10-20-16)8-7-14(12,15)11-15/h2-3,5H,4,6-11H2,1H3. The van der Waals surface area contributed by atoms with Crippen molar-refractivity contribution in [2.45, 2.75) is 37.9 Å². The molecule has 3 aliphatic carbocycles. The predicted molar refractivity (Wildman–Crippen MR) is 71.8 cm³/mol. The monoisotopic (exact) mass is 276 g/mol. The molecule has 0 aromatic rings. The molecule has 2 spiro atoms. The van der Waals surface area contributed by atoms with Gasteiger partial charge in [0.15, 0.2) is 5.79 Å². The second-order valence-corrected chi connectivity index (χ2v) is 6.38. The molecule has 0 aromatic heterocycles. The molecule has 1 heterocycles. The van der Waals surface area contributed by atoms with Gasteiger partial charge in [0, 0.05) is 18.3 Å². The molecular formula is C16H20O4. The number of carbonyl (C=O) groups is 1. The van der Waals surface area contributed by atoms with Crippen LogP contribution in [0.15, 0.2) is 23.8 Å². The van der Waals surface area contributed by atoms with Crippen LogP contribution in [0.1, 0.15) is 32.1 Å². The fourth-order valence-corrected chi connectivity index (χ4v) is 4.49. The minimum Gasteiger partial charge on any atom is -0.468 e. The van der Waals surface area contributed by atoms with Gasteiger partial charge in [0.1, 0.15) is 0 Å². The minimum atomic E-state index is -0.421. The summed E-state index contributed by atoms with van der Waals surface area (Å²) >= 11 is 0. The van der Waals surface area contributed by atoms with E-state index in [1.807, 2.05) is 12.2 Å². The van der Waals surface area contributed by atoms with Crippen LogP contribution in [-0.4, -0.2) is 32.1 Å². The van der Waals surface area contributed by atoms with Gasteiger partial charge in [0.05, 0.1) is 25.7 Å². The Morgan fingerprint density at radius 2 is 2.05 bits per heavy atom. The summed E-state index contributed by atoms with van der Waals surface area (Å²) in [6, 6.07) is 0. The summed E-state index contributed by atoms with van der Waals surface area (Å²) in [4.78, 5) is 12.2. The van der Waals surface area contributed by atoms with Crippen LogP contribution in [0.4, 0.5) is 0 Å². The van der Waals surface area contributed by atoms with Crippen LogP contribution in [0.2, 0.25) is 0 Å². The van der Waals surface area contributed by atoms with Crippen LogP contribution >= 0.6 is 0 Å². The van der Waals surface area contributed by atoms with E-state index in [-0.39, 0.29) is 11.4 Å². The zero-order chi connectivity index (χ0) is 13.8. The number of esters is 1. The minimum absolute atomic E-state index is 0.0341. The number of methoxy groups -OCH3 is 1. The van der Waals surface area contributed by atoms with E-state index in [0.717, 1.165) is 32.1 Å². The third kappa shape index (κ3) is 1.41. The molecule has 20 heavy (non-hydrogen) atoms. The van der Waals surface area contributed by atoms with Crippen molar-refractivity contribution < 1.29 is 19.0 Å². The molecule has 2 saturated carbocycles. The molecular weight excluding hydrogens is 256 g/mol. The first-order valence-corrected chi connectivity index (χ1v) is 7.42. The summed E-state index contributed by atoms with van der Waals surface area (Å²) in [5, 5.41) is 0. The smallest absolute Gasteiger partial charge is 0.316 e. The number of hydrogen-bond donors (Lipinski definition) is 0. The van der Waals surface area contributed by atoms with Crippen LogP contribution in [0.25, 0.3) is 0 Å². The lowest BCUT2D eigenvalue weighted by Crippen LogP contribution is -2.30. The summed E-state index contributed by atoms with van der Waals surface area (Å²) in [7, 11) is 1.48. The third-order valence-electron chi connectivity index (χ3n) is 5.67. The van der Waals surface area contributed by atoms with Gasteiger partial charge in [-0.1, -0.05) is 23.8 Å². The van der Waals surface area contributed by atoms with Crippen molar-refractivity contribution >= 4 is 5.97 Å². The van der Waals surface area contributed by atoms with Gasteiger partial charge in [-0.05, 0) is 19.3 Å². The zero-order valence-corrected chi connectivity index (χ0v) is 11.8. The first-order valence-electron chi connectivity index (χ1n) is 7.42. The first-order chi connectivity index (χ1) is 9.66. The Bertz CT molecular complexity index is 515. The maximum atomic E-state index is 12.2. The largest absolute Gasteiger partial charge is 0.468 e. The van der Waals surface area contributed by atoms with Gasteiger partial charge >= 0.3 is 5.97 Å². The Morgan fingerprint density at radius 1 is 1.25 bits per heavy atom. The van der Waals surface area contributed by atoms with Gasteiger partial charge in [-0.25, -0.2) is 0 Å². The third-order valence-corrected chi connectivity index (χ3v) is 5.67. The number of hydrogen-bond acceptors (Lipinski definition) is 4. The van der Waals surface area contributed by atoms with Crippen LogP contribution < -0.4 is 0 Å². The summed E-state index contributed by atoms with van der Waals surface area (Å²) < 4.78 is 16.8. The summed E-state index contributed by atoms with van der Waals surface area (Å²) in [5.41, 5.74) is 0.922. The molecule has 0 amide bonds. The van der Waals surface area contributed by atoms with Gasteiger partial charge in [-0.3, -0.25) is 4.79 Å². The van der Waals surface area contributed by atoms with Crippen molar-refractivity contribution in [3.05, 3.63) is 23.8 Å². The number of allylic oxidation sites excluding steroid dienone is 3. The van der Waals surface area contributed by atoms with Gasteiger partial charge in [0.25, 0.3) is 0 Å². The zero-order valence-electron chi connectivity index (χ0n) is 11.8. The number of ether oxygens (including phenoxy) is 3. The summed E-state index contributed by atoms with van der Waals surface area (Å²) in [6.07, 6.45) is 10.8. The highest BCUT2D eigenvalue weighted by Crippen LogP contribution is 2.74. The van der Waals surface area contributed by atoms with Crippen molar-refractivity contribution in [2.24, 2.45) is 10.8 Å². The van der Waals surface area contributed by atoms with E-state index in [1.54, 1.807) is 0 Å². The molecule has 4 aliphatic rings. The molecule has 0 N–H and O–H groups in total.